The fourth-order valence-corrected chi connectivity index (χ4v) is 1.53. The van der Waals surface area contributed by atoms with E-state index in [2.05, 4.69) is 11.6 Å². The van der Waals surface area contributed by atoms with Gasteiger partial charge in [0, 0.05) is 15.9 Å². The average Bonchev–Trinajstić information content (AvgIpc) is 2.59. The zero-order valence-corrected chi connectivity index (χ0v) is 8.14. The van der Waals surface area contributed by atoms with E-state index in [9.17, 15) is 4.79 Å². The largest absolute Gasteiger partial charge is 0.352 e. The second-order valence-corrected chi connectivity index (χ2v) is 3.42. The van der Waals surface area contributed by atoms with E-state index in [1.54, 1.807) is 12.1 Å². The fraction of sp³-hybridized carbons (Fsp3) is 0. The van der Waals surface area contributed by atoms with Crippen LogP contribution in [0.15, 0.2) is 36.9 Å². The summed E-state index contributed by atoms with van der Waals surface area (Å²) in [5.74, 6) is -0.114. The maximum atomic E-state index is 11.3. The number of carbonyl (C=O) groups excluding carboxylic acids is 1. The summed E-state index contributed by atoms with van der Waals surface area (Å²) in [5.41, 5.74) is 1.44. The molecule has 1 aromatic carbocycles. The number of rotatable bonds is 2. The monoisotopic (exact) mass is 205 g/mol. The van der Waals surface area contributed by atoms with E-state index in [1.165, 1.54) is 6.08 Å². The molecule has 14 heavy (non-hydrogen) atoms. The molecule has 0 atom stereocenters. The molecule has 1 N–H and O–H groups in total. The first-order valence-corrected chi connectivity index (χ1v) is 4.53. The van der Waals surface area contributed by atoms with Crippen LogP contribution in [0.25, 0.3) is 10.9 Å². The van der Waals surface area contributed by atoms with E-state index in [-0.39, 0.29) is 5.78 Å². The van der Waals surface area contributed by atoms with Crippen molar-refractivity contribution in [3.63, 3.8) is 0 Å². The van der Waals surface area contributed by atoms with Gasteiger partial charge >= 0.3 is 0 Å². The molecule has 0 saturated carbocycles. The molecule has 0 aliphatic rings. The summed E-state index contributed by atoms with van der Waals surface area (Å²) in [7, 11) is 0. The lowest BCUT2D eigenvalue weighted by Crippen LogP contribution is -1.92. The molecule has 3 heteroatoms. The van der Waals surface area contributed by atoms with Crippen molar-refractivity contribution in [1.82, 2.24) is 4.98 Å². The van der Waals surface area contributed by atoms with Gasteiger partial charge in [-0.1, -0.05) is 18.2 Å². The molecule has 1 aromatic heterocycles. The summed E-state index contributed by atoms with van der Waals surface area (Å²) in [4.78, 5) is 14.3. The van der Waals surface area contributed by atoms with Gasteiger partial charge in [-0.3, -0.25) is 4.79 Å². The van der Waals surface area contributed by atoms with E-state index in [0.29, 0.717) is 10.7 Å². The Labute approximate surface area is 86.2 Å². The van der Waals surface area contributed by atoms with Crippen molar-refractivity contribution in [2.24, 2.45) is 0 Å². The standard InChI is InChI=1S/C11H8ClNO/c1-2-11(14)10-6-7-5-8(12)3-4-9(7)13-10/h2-6,13H,1H2. The zero-order chi connectivity index (χ0) is 10.1. The minimum absolute atomic E-state index is 0.114. The third-order valence-corrected chi connectivity index (χ3v) is 2.27. The zero-order valence-electron chi connectivity index (χ0n) is 7.38. The highest BCUT2D eigenvalue weighted by atomic mass is 35.5. The van der Waals surface area contributed by atoms with Gasteiger partial charge in [0.15, 0.2) is 0 Å². The number of aromatic nitrogens is 1. The number of carbonyl (C=O) groups is 1. The van der Waals surface area contributed by atoms with Crippen LogP contribution >= 0.6 is 11.6 Å². The molecule has 0 unspecified atom stereocenters. The Bertz CT molecular complexity index is 513. The molecule has 2 rings (SSSR count). The van der Waals surface area contributed by atoms with Crippen LogP contribution in [0.4, 0.5) is 0 Å². The summed E-state index contributed by atoms with van der Waals surface area (Å²) in [6.07, 6.45) is 1.28. The topological polar surface area (TPSA) is 32.9 Å². The van der Waals surface area contributed by atoms with Gasteiger partial charge in [-0.2, -0.15) is 0 Å². The van der Waals surface area contributed by atoms with Crippen LogP contribution in [0.2, 0.25) is 5.02 Å². The molecule has 2 aromatic rings. The van der Waals surface area contributed by atoms with Crippen LogP contribution in [0.5, 0.6) is 0 Å². The van der Waals surface area contributed by atoms with Crippen LogP contribution in [-0.2, 0) is 0 Å². The predicted octanol–water partition coefficient (Wildman–Crippen LogP) is 3.19. The van der Waals surface area contributed by atoms with Gasteiger partial charge in [-0.25, -0.2) is 0 Å². The van der Waals surface area contributed by atoms with Crippen LogP contribution in [-0.4, -0.2) is 10.8 Å². The van der Waals surface area contributed by atoms with E-state index >= 15 is 0 Å². The number of aromatic amines is 1. The van der Waals surface area contributed by atoms with Gasteiger partial charge in [0.2, 0.25) is 5.78 Å². The molecule has 0 amide bonds. The number of nitrogens with one attached hydrogen (secondary N) is 1. The van der Waals surface area contributed by atoms with Crippen LogP contribution in [0.1, 0.15) is 10.5 Å². The molecule has 0 saturated heterocycles. The first-order valence-electron chi connectivity index (χ1n) is 4.16. The molecular formula is C11H8ClNO. The lowest BCUT2D eigenvalue weighted by Gasteiger charge is -1.88. The highest BCUT2D eigenvalue weighted by Gasteiger charge is 2.05. The van der Waals surface area contributed by atoms with E-state index in [0.717, 1.165) is 10.9 Å². The highest BCUT2D eigenvalue weighted by molar-refractivity contribution is 6.31. The molecule has 1 heterocycles. The second kappa shape index (κ2) is 3.31. The molecule has 0 bridgehead atoms. The van der Waals surface area contributed by atoms with Crippen molar-refractivity contribution in [2.75, 3.05) is 0 Å². The Hall–Kier alpha value is -1.54. The van der Waals surface area contributed by atoms with Gasteiger partial charge in [0.1, 0.15) is 0 Å². The Morgan fingerprint density at radius 3 is 2.93 bits per heavy atom. The summed E-state index contributed by atoms with van der Waals surface area (Å²) < 4.78 is 0. The molecule has 0 spiro atoms. The number of H-pyrrole nitrogens is 1. The predicted molar refractivity (Wildman–Crippen MR) is 57.8 cm³/mol. The van der Waals surface area contributed by atoms with Crippen LogP contribution < -0.4 is 0 Å². The van der Waals surface area contributed by atoms with Gasteiger partial charge in [0.05, 0.1) is 5.69 Å². The molecule has 0 aliphatic carbocycles. The summed E-state index contributed by atoms with van der Waals surface area (Å²) in [6.45, 7) is 3.43. The summed E-state index contributed by atoms with van der Waals surface area (Å²) >= 11 is 5.82. The molecular weight excluding hydrogens is 198 g/mol. The number of ketones is 1. The lowest BCUT2D eigenvalue weighted by atomic mass is 10.2. The van der Waals surface area contributed by atoms with Crippen LogP contribution in [0, 0.1) is 0 Å². The Kier molecular flexibility index (Phi) is 2.14. The second-order valence-electron chi connectivity index (χ2n) is 2.98. The Morgan fingerprint density at radius 1 is 1.43 bits per heavy atom. The summed E-state index contributed by atoms with van der Waals surface area (Å²) in [6, 6.07) is 7.21. The van der Waals surface area contributed by atoms with Crippen molar-refractivity contribution >= 4 is 28.3 Å². The third kappa shape index (κ3) is 1.44. The van der Waals surface area contributed by atoms with Gasteiger partial charge < -0.3 is 4.98 Å². The van der Waals surface area contributed by atoms with Crippen LogP contribution in [0.3, 0.4) is 0 Å². The average molecular weight is 206 g/mol. The van der Waals surface area contributed by atoms with Gasteiger partial charge in [-0.05, 0) is 30.3 Å². The number of allylic oxidation sites excluding steroid dienone is 1. The fourth-order valence-electron chi connectivity index (χ4n) is 1.35. The van der Waals surface area contributed by atoms with Crippen molar-refractivity contribution in [3.05, 3.63) is 47.6 Å². The molecule has 0 fully saturated rings. The first kappa shape index (κ1) is 9.03. The van der Waals surface area contributed by atoms with E-state index in [1.807, 2.05) is 12.1 Å². The van der Waals surface area contributed by atoms with Gasteiger partial charge in [0.25, 0.3) is 0 Å². The van der Waals surface area contributed by atoms with Crippen molar-refractivity contribution in [2.45, 2.75) is 0 Å². The number of benzene rings is 1. The Balaban J connectivity index is 2.62. The van der Waals surface area contributed by atoms with Crippen molar-refractivity contribution < 1.29 is 4.79 Å². The third-order valence-electron chi connectivity index (χ3n) is 2.03. The maximum absolute atomic E-state index is 11.3. The lowest BCUT2D eigenvalue weighted by molar-refractivity contribution is 0.104. The van der Waals surface area contributed by atoms with Crippen molar-refractivity contribution in [1.29, 1.82) is 0 Å². The van der Waals surface area contributed by atoms with E-state index in [4.69, 9.17) is 11.6 Å². The van der Waals surface area contributed by atoms with Gasteiger partial charge in [-0.15, -0.1) is 0 Å². The van der Waals surface area contributed by atoms with E-state index < -0.39 is 0 Å². The quantitative estimate of drug-likeness (QED) is 0.593. The normalized spacial score (nSPS) is 10.4. The highest BCUT2D eigenvalue weighted by Crippen LogP contribution is 2.20. The maximum Gasteiger partial charge on any atom is 0.201 e. The number of halogens is 1. The molecule has 70 valence electrons. The summed E-state index contributed by atoms with van der Waals surface area (Å²) in [5, 5.41) is 1.59. The number of fused-ring (bicyclic) bond motifs is 1. The molecule has 2 nitrogen and oxygen atoms in total. The SMILES string of the molecule is C=CC(=O)c1cc2cc(Cl)ccc2[nH]1. The molecule has 0 radical (unpaired) electrons. The Morgan fingerprint density at radius 2 is 2.21 bits per heavy atom. The first-order chi connectivity index (χ1) is 6.70. The number of hydrogen-bond acceptors (Lipinski definition) is 1. The minimum atomic E-state index is -0.114. The minimum Gasteiger partial charge on any atom is -0.352 e. The number of hydrogen-bond donors (Lipinski definition) is 1. The smallest absolute Gasteiger partial charge is 0.201 e. The molecule has 0 aliphatic heterocycles. The van der Waals surface area contributed by atoms with Crippen molar-refractivity contribution in [3.8, 4) is 0 Å².